The van der Waals surface area contributed by atoms with Gasteiger partial charge in [0.1, 0.15) is 0 Å². The molecule has 120 valence electrons. The number of nitrogens with zero attached hydrogens (tertiary/aromatic N) is 2. The van der Waals surface area contributed by atoms with Crippen molar-refractivity contribution in [2.24, 2.45) is 0 Å². The van der Waals surface area contributed by atoms with Crippen molar-refractivity contribution < 1.29 is 14.3 Å². The molecule has 2 atom stereocenters. The summed E-state index contributed by atoms with van der Waals surface area (Å²) in [6.07, 6.45) is 3.43. The van der Waals surface area contributed by atoms with E-state index in [0.717, 1.165) is 12.8 Å². The highest BCUT2D eigenvalue weighted by atomic mass is 16.5. The van der Waals surface area contributed by atoms with Crippen molar-refractivity contribution in [3.05, 3.63) is 48.0 Å². The van der Waals surface area contributed by atoms with E-state index < -0.39 is 0 Å². The average molecular weight is 312 g/mol. The van der Waals surface area contributed by atoms with Crippen molar-refractivity contribution in [3.63, 3.8) is 0 Å². The number of hydrogen-bond donors (Lipinski definition) is 0. The van der Waals surface area contributed by atoms with Crippen LogP contribution < -0.4 is 0 Å². The van der Waals surface area contributed by atoms with E-state index in [1.165, 1.54) is 0 Å². The lowest BCUT2D eigenvalue weighted by atomic mass is 9.90. The zero-order chi connectivity index (χ0) is 16.2. The first kappa shape index (κ1) is 15.7. The number of piperidine rings is 1. The molecule has 0 saturated carbocycles. The topological polar surface area (TPSA) is 62.6 Å². The van der Waals surface area contributed by atoms with Gasteiger partial charge in [0, 0.05) is 5.56 Å². The molecule has 2 saturated heterocycles. The number of benzene rings is 1. The number of carbonyl (C=O) groups excluding carboxylic acids is 1. The largest absolute Gasteiger partial charge is 0.377 e. The molecular formula is C18H20N2O3. The van der Waals surface area contributed by atoms with Gasteiger partial charge >= 0.3 is 0 Å². The van der Waals surface area contributed by atoms with Gasteiger partial charge in [0.25, 0.3) is 5.91 Å². The summed E-state index contributed by atoms with van der Waals surface area (Å²) in [4.78, 5) is 14.8. The summed E-state index contributed by atoms with van der Waals surface area (Å²) in [5, 5.41) is 9.01. The highest BCUT2D eigenvalue weighted by Crippen LogP contribution is 2.31. The van der Waals surface area contributed by atoms with E-state index in [1.54, 1.807) is 30.3 Å². The number of nitriles is 1. The van der Waals surface area contributed by atoms with E-state index in [2.05, 4.69) is 12.6 Å². The molecule has 2 heterocycles. The van der Waals surface area contributed by atoms with Crippen molar-refractivity contribution in [2.75, 3.05) is 19.8 Å². The molecule has 3 rings (SSSR count). The van der Waals surface area contributed by atoms with E-state index in [4.69, 9.17) is 14.7 Å². The summed E-state index contributed by atoms with van der Waals surface area (Å²) in [5.74, 6) is -0.0254. The first-order valence-corrected chi connectivity index (χ1v) is 7.86. The highest BCUT2D eigenvalue weighted by molar-refractivity contribution is 5.95. The van der Waals surface area contributed by atoms with Crippen molar-refractivity contribution in [1.29, 1.82) is 5.26 Å². The third-order valence-corrected chi connectivity index (χ3v) is 4.40. The van der Waals surface area contributed by atoms with Gasteiger partial charge in [-0.25, -0.2) is 0 Å². The van der Waals surface area contributed by atoms with Crippen molar-refractivity contribution >= 4 is 5.91 Å². The molecule has 1 aromatic carbocycles. The number of rotatable bonds is 4. The first-order chi connectivity index (χ1) is 11.2. The molecule has 2 bridgehead atoms. The molecule has 5 nitrogen and oxygen atoms in total. The van der Waals surface area contributed by atoms with Crippen LogP contribution in [0.2, 0.25) is 0 Å². The van der Waals surface area contributed by atoms with Crippen LogP contribution in [0.15, 0.2) is 36.9 Å². The number of hydrogen-bond acceptors (Lipinski definition) is 4. The van der Waals surface area contributed by atoms with Crippen molar-refractivity contribution in [2.45, 2.75) is 31.0 Å². The van der Waals surface area contributed by atoms with Crippen LogP contribution in [-0.4, -0.2) is 48.8 Å². The molecule has 1 aromatic rings. The smallest absolute Gasteiger partial charge is 0.254 e. The fourth-order valence-electron chi connectivity index (χ4n) is 3.41. The van der Waals surface area contributed by atoms with Crippen molar-refractivity contribution in [1.82, 2.24) is 4.90 Å². The maximum absolute atomic E-state index is 12.9. The second-order valence-electron chi connectivity index (χ2n) is 5.97. The lowest BCUT2D eigenvalue weighted by Gasteiger charge is -2.48. The van der Waals surface area contributed by atoms with Crippen LogP contribution in [0.1, 0.15) is 28.8 Å². The Labute approximate surface area is 136 Å². The van der Waals surface area contributed by atoms with E-state index in [1.807, 2.05) is 4.90 Å². The van der Waals surface area contributed by atoms with Gasteiger partial charge in [0.15, 0.2) is 0 Å². The van der Waals surface area contributed by atoms with E-state index in [9.17, 15) is 4.79 Å². The fourth-order valence-corrected chi connectivity index (χ4v) is 3.41. The van der Waals surface area contributed by atoms with Gasteiger partial charge in [0.05, 0.1) is 49.6 Å². The first-order valence-electron chi connectivity index (χ1n) is 7.86. The van der Waals surface area contributed by atoms with Gasteiger partial charge in [-0.15, -0.1) is 6.58 Å². The Morgan fingerprint density at radius 1 is 1.43 bits per heavy atom. The molecule has 2 fully saturated rings. The summed E-state index contributed by atoms with van der Waals surface area (Å²) in [6.45, 7) is 5.28. The SMILES string of the molecule is C=CCOC1CC2COCC(C1)N2C(=O)c1cccc(C#N)c1. The Morgan fingerprint density at radius 3 is 2.83 bits per heavy atom. The van der Waals surface area contributed by atoms with E-state index >= 15 is 0 Å². The lowest BCUT2D eigenvalue weighted by Crippen LogP contribution is -2.60. The van der Waals surface area contributed by atoms with Gasteiger partial charge in [-0.05, 0) is 31.0 Å². The number of carbonyl (C=O) groups is 1. The second kappa shape index (κ2) is 6.95. The average Bonchev–Trinajstić information content (AvgIpc) is 2.58. The molecule has 23 heavy (non-hydrogen) atoms. The second-order valence-corrected chi connectivity index (χ2v) is 5.97. The zero-order valence-electron chi connectivity index (χ0n) is 13.0. The standard InChI is InChI=1S/C18H20N2O3/c1-2-6-23-17-8-15-11-22-12-16(9-17)20(15)18(21)14-5-3-4-13(7-14)10-19/h2-5,7,15-17H,1,6,8-9,11-12H2. The Hall–Kier alpha value is -2.16. The van der Waals surface area contributed by atoms with Gasteiger partial charge in [-0.2, -0.15) is 5.26 Å². The van der Waals surface area contributed by atoms with Crippen LogP contribution >= 0.6 is 0 Å². The molecule has 0 spiro atoms. The fraction of sp³-hybridized carbons (Fsp3) is 0.444. The molecule has 0 N–H and O–H groups in total. The predicted octanol–water partition coefficient (Wildman–Crippen LogP) is 2.13. The van der Waals surface area contributed by atoms with Crippen molar-refractivity contribution in [3.8, 4) is 6.07 Å². The molecule has 1 amide bonds. The third-order valence-electron chi connectivity index (χ3n) is 4.40. The molecule has 5 heteroatoms. The minimum atomic E-state index is -0.0254. The number of fused-ring (bicyclic) bond motifs is 2. The Balaban J connectivity index is 1.78. The van der Waals surface area contributed by atoms with Crippen LogP contribution in [0, 0.1) is 11.3 Å². The minimum absolute atomic E-state index is 0.0237. The number of amides is 1. The highest BCUT2D eigenvalue weighted by Gasteiger charge is 2.42. The lowest BCUT2D eigenvalue weighted by molar-refractivity contribution is -0.0996. The minimum Gasteiger partial charge on any atom is -0.377 e. The summed E-state index contributed by atoms with van der Waals surface area (Å²) < 4.78 is 11.4. The maximum atomic E-state index is 12.9. The number of morpholine rings is 1. The quantitative estimate of drug-likeness (QED) is 0.799. The van der Waals surface area contributed by atoms with Crippen LogP contribution in [0.4, 0.5) is 0 Å². The van der Waals surface area contributed by atoms with E-state index in [-0.39, 0.29) is 24.1 Å². The van der Waals surface area contributed by atoms with Gasteiger partial charge in [0.2, 0.25) is 0 Å². The molecule has 0 aliphatic carbocycles. The van der Waals surface area contributed by atoms with Gasteiger partial charge in [-0.1, -0.05) is 12.1 Å². The van der Waals surface area contributed by atoms with Crippen LogP contribution in [0.5, 0.6) is 0 Å². The Morgan fingerprint density at radius 2 is 2.17 bits per heavy atom. The molecule has 2 unspecified atom stereocenters. The predicted molar refractivity (Wildman–Crippen MR) is 84.9 cm³/mol. The van der Waals surface area contributed by atoms with Gasteiger partial charge < -0.3 is 14.4 Å². The summed E-state index contributed by atoms with van der Waals surface area (Å²) in [6, 6.07) is 9.00. The monoisotopic (exact) mass is 312 g/mol. The summed E-state index contributed by atoms with van der Waals surface area (Å²) in [5.41, 5.74) is 1.06. The Kier molecular flexibility index (Phi) is 4.75. The van der Waals surface area contributed by atoms with Gasteiger partial charge in [-0.3, -0.25) is 4.79 Å². The van der Waals surface area contributed by atoms with E-state index in [0.29, 0.717) is 30.9 Å². The summed E-state index contributed by atoms with van der Waals surface area (Å²) in [7, 11) is 0. The third kappa shape index (κ3) is 3.29. The molecule has 2 aliphatic heterocycles. The Bertz CT molecular complexity index is 623. The molecular weight excluding hydrogens is 292 g/mol. The molecule has 2 aliphatic rings. The molecule has 0 radical (unpaired) electrons. The normalized spacial score (nSPS) is 26.4. The number of ether oxygens (including phenoxy) is 2. The maximum Gasteiger partial charge on any atom is 0.254 e. The molecule has 0 aromatic heterocycles. The van der Waals surface area contributed by atoms with Crippen LogP contribution in [0.3, 0.4) is 0 Å². The van der Waals surface area contributed by atoms with Crippen LogP contribution in [0.25, 0.3) is 0 Å². The van der Waals surface area contributed by atoms with Crippen LogP contribution in [-0.2, 0) is 9.47 Å². The summed E-state index contributed by atoms with van der Waals surface area (Å²) >= 11 is 0. The zero-order valence-corrected chi connectivity index (χ0v) is 13.0.